The second-order valence-corrected chi connectivity index (χ2v) is 4.59. The molecule has 1 aromatic heterocycles. The van der Waals surface area contributed by atoms with E-state index in [1.54, 1.807) is 25.3 Å². The van der Waals surface area contributed by atoms with Crippen LogP contribution in [0.25, 0.3) is 11.0 Å². The van der Waals surface area contributed by atoms with E-state index in [-0.39, 0.29) is 0 Å². The fourth-order valence-electron chi connectivity index (χ4n) is 1.63. The molecule has 0 bridgehead atoms. The van der Waals surface area contributed by atoms with Crippen LogP contribution in [0.1, 0.15) is 6.42 Å². The number of hydrogen-bond donors (Lipinski definition) is 2. The lowest BCUT2D eigenvalue weighted by atomic mass is 10.2. The van der Waals surface area contributed by atoms with Gasteiger partial charge in [-0.25, -0.2) is 9.59 Å². The van der Waals surface area contributed by atoms with E-state index in [1.165, 1.54) is 6.07 Å². The predicted molar refractivity (Wildman–Crippen MR) is 81.9 cm³/mol. The zero-order chi connectivity index (χ0) is 19.0. The molecule has 0 saturated heterocycles. The first-order valence-corrected chi connectivity index (χ1v) is 6.94. The molecule has 10 heteroatoms. The van der Waals surface area contributed by atoms with Crippen molar-refractivity contribution in [1.29, 1.82) is 0 Å². The van der Waals surface area contributed by atoms with Gasteiger partial charge in [-0.3, -0.25) is 0 Å². The van der Waals surface area contributed by atoms with Crippen molar-refractivity contribution in [3.8, 4) is 11.5 Å². The van der Waals surface area contributed by atoms with Crippen molar-refractivity contribution < 1.29 is 37.0 Å². The summed E-state index contributed by atoms with van der Waals surface area (Å²) in [6.07, 6.45) is -4.36. The summed E-state index contributed by atoms with van der Waals surface area (Å²) in [5.74, 6) is -1.58. The molecule has 138 valence electrons. The summed E-state index contributed by atoms with van der Waals surface area (Å²) in [4.78, 5) is 20.3. The third-order valence-electron chi connectivity index (χ3n) is 2.76. The molecule has 1 heterocycles. The summed E-state index contributed by atoms with van der Waals surface area (Å²) in [6.45, 7) is 1.01. The fourth-order valence-corrected chi connectivity index (χ4v) is 1.63. The van der Waals surface area contributed by atoms with Crippen molar-refractivity contribution in [3.63, 3.8) is 0 Å². The number of ether oxygens (including phenoxy) is 2. The van der Waals surface area contributed by atoms with Gasteiger partial charge in [-0.1, -0.05) is 0 Å². The van der Waals surface area contributed by atoms with E-state index in [0.29, 0.717) is 35.6 Å². The maximum absolute atomic E-state index is 11.4. The van der Waals surface area contributed by atoms with Gasteiger partial charge in [0.15, 0.2) is 0 Å². The van der Waals surface area contributed by atoms with Crippen LogP contribution in [0.2, 0.25) is 0 Å². The fraction of sp³-hybridized carbons (Fsp3) is 0.333. The third-order valence-corrected chi connectivity index (χ3v) is 2.76. The van der Waals surface area contributed by atoms with Crippen molar-refractivity contribution >= 4 is 16.9 Å². The molecule has 2 rings (SSSR count). The van der Waals surface area contributed by atoms with Crippen LogP contribution < -0.4 is 20.8 Å². The minimum absolute atomic E-state index is 0.435. The van der Waals surface area contributed by atoms with Crippen LogP contribution in [-0.2, 0) is 4.79 Å². The van der Waals surface area contributed by atoms with Crippen LogP contribution in [0, 0.1) is 0 Å². The van der Waals surface area contributed by atoms with E-state index in [1.807, 2.05) is 0 Å². The maximum atomic E-state index is 11.4. The van der Waals surface area contributed by atoms with Gasteiger partial charge in [-0.2, -0.15) is 13.2 Å². The van der Waals surface area contributed by atoms with Crippen molar-refractivity contribution in [2.45, 2.75) is 12.6 Å². The number of alkyl halides is 3. The molecule has 0 fully saturated rings. The molecule has 0 unspecified atom stereocenters. The minimum atomic E-state index is -5.08. The van der Waals surface area contributed by atoms with Crippen molar-refractivity contribution in [2.24, 2.45) is 5.73 Å². The first-order valence-electron chi connectivity index (χ1n) is 6.94. The summed E-state index contributed by atoms with van der Waals surface area (Å²) >= 11 is 0. The largest absolute Gasteiger partial charge is 0.497 e. The van der Waals surface area contributed by atoms with Crippen molar-refractivity contribution in [2.75, 3.05) is 20.3 Å². The molecule has 0 aliphatic heterocycles. The van der Waals surface area contributed by atoms with Gasteiger partial charge in [0.05, 0.1) is 25.2 Å². The highest BCUT2D eigenvalue weighted by Gasteiger charge is 2.38. The van der Waals surface area contributed by atoms with Gasteiger partial charge in [0, 0.05) is 0 Å². The number of nitrogens with two attached hydrogens (primary N) is 1. The van der Waals surface area contributed by atoms with Crippen LogP contribution >= 0.6 is 0 Å². The Balaban J connectivity index is 0.000000381. The molecule has 1 aromatic carbocycles. The lowest BCUT2D eigenvalue weighted by molar-refractivity contribution is -0.192. The minimum Gasteiger partial charge on any atom is -0.497 e. The normalized spacial score (nSPS) is 10.8. The van der Waals surface area contributed by atoms with E-state index in [0.717, 1.165) is 6.42 Å². The molecule has 0 spiro atoms. The summed E-state index contributed by atoms with van der Waals surface area (Å²) in [6, 6.07) is 6.52. The van der Waals surface area contributed by atoms with E-state index in [9.17, 15) is 18.0 Å². The zero-order valence-corrected chi connectivity index (χ0v) is 13.1. The predicted octanol–water partition coefficient (Wildman–Crippen LogP) is 2.16. The van der Waals surface area contributed by atoms with E-state index in [2.05, 4.69) is 0 Å². The number of carbonyl (C=O) groups is 1. The van der Waals surface area contributed by atoms with Crippen LogP contribution in [0.4, 0.5) is 13.2 Å². The number of methoxy groups -OCH3 is 1. The third kappa shape index (κ3) is 6.34. The summed E-state index contributed by atoms with van der Waals surface area (Å²) in [7, 11) is 1.58. The van der Waals surface area contributed by atoms with Gasteiger partial charge in [0.25, 0.3) is 0 Å². The number of hydrogen-bond acceptors (Lipinski definition) is 6. The molecular weight excluding hydrogens is 347 g/mol. The van der Waals surface area contributed by atoms with Crippen LogP contribution in [-0.4, -0.2) is 37.5 Å². The van der Waals surface area contributed by atoms with Gasteiger partial charge in [0.2, 0.25) is 0 Å². The first-order chi connectivity index (χ1) is 11.7. The average molecular weight is 363 g/mol. The highest BCUT2D eigenvalue weighted by Crippen LogP contribution is 2.27. The molecule has 0 radical (unpaired) electrons. The smallest absolute Gasteiger partial charge is 0.490 e. The van der Waals surface area contributed by atoms with Gasteiger partial charge in [0.1, 0.15) is 17.1 Å². The Labute approximate surface area is 139 Å². The van der Waals surface area contributed by atoms with Gasteiger partial charge >= 0.3 is 17.8 Å². The molecule has 0 saturated carbocycles. The van der Waals surface area contributed by atoms with Gasteiger partial charge < -0.3 is 24.7 Å². The molecule has 2 aromatic rings. The highest BCUT2D eigenvalue weighted by molar-refractivity contribution is 5.84. The number of rotatable bonds is 5. The number of carboxylic acids is 1. The quantitative estimate of drug-likeness (QED) is 0.618. The van der Waals surface area contributed by atoms with E-state index < -0.39 is 17.8 Å². The first kappa shape index (κ1) is 20.3. The number of fused-ring (bicyclic) bond motifs is 1. The molecule has 0 atom stereocenters. The highest BCUT2D eigenvalue weighted by atomic mass is 19.4. The van der Waals surface area contributed by atoms with E-state index >= 15 is 0 Å². The summed E-state index contributed by atoms with van der Waals surface area (Å²) in [5.41, 5.74) is 5.44. The molecule has 25 heavy (non-hydrogen) atoms. The molecule has 7 nitrogen and oxygen atoms in total. The molecule has 3 N–H and O–H groups in total. The standard InChI is InChI=1S/C13H15NO4.C2HF3O2/c1-16-9-3-4-11-10(7-9)12(8-13(15)18-11)17-6-2-5-14;3-2(4,5)1(6)7/h3-4,7-8H,2,5-6,14H2,1H3;(H,6,7). The Morgan fingerprint density at radius 1 is 1.32 bits per heavy atom. The number of aliphatic carboxylic acids is 1. The van der Waals surface area contributed by atoms with Gasteiger partial charge in [-0.15, -0.1) is 0 Å². The Kier molecular flexibility index (Phi) is 7.24. The summed E-state index contributed by atoms with van der Waals surface area (Å²) in [5, 5.41) is 7.84. The SMILES string of the molecule is COc1ccc2oc(=O)cc(OCCCN)c2c1.O=C(O)C(F)(F)F. The van der Waals surface area contributed by atoms with E-state index in [4.69, 9.17) is 29.5 Å². The topological polar surface area (TPSA) is 112 Å². The molecule has 0 aliphatic carbocycles. The van der Waals surface area contributed by atoms with Crippen LogP contribution in [0.3, 0.4) is 0 Å². The Bertz CT molecular complexity index is 772. The Morgan fingerprint density at radius 3 is 2.48 bits per heavy atom. The number of halogens is 3. The Morgan fingerprint density at radius 2 is 1.96 bits per heavy atom. The summed E-state index contributed by atoms with van der Waals surface area (Å²) < 4.78 is 47.5. The zero-order valence-electron chi connectivity index (χ0n) is 13.1. The molecule has 0 amide bonds. The lowest BCUT2D eigenvalue weighted by Crippen LogP contribution is -2.21. The van der Waals surface area contributed by atoms with Crippen molar-refractivity contribution in [1.82, 2.24) is 0 Å². The average Bonchev–Trinajstić information content (AvgIpc) is 2.54. The number of benzene rings is 1. The van der Waals surface area contributed by atoms with Crippen molar-refractivity contribution in [3.05, 3.63) is 34.7 Å². The lowest BCUT2D eigenvalue weighted by Gasteiger charge is -2.08. The maximum Gasteiger partial charge on any atom is 0.490 e. The monoisotopic (exact) mass is 363 g/mol. The number of carboxylic acid groups (broad SMARTS) is 1. The van der Waals surface area contributed by atoms with Crippen LogP contribution in [0.5, 0.6) is 11.5 Å². The Hall–Kier alpha value is -2.75. The second kappa shape index (κ2) is 8.92. The molecular formula is C15H16F3NO6. The van der Waals surface area contributed by atoms with Gasteiger partial charge in [-0.05, 0) is 31.2 Å². The second-order valence-electron chi connectivity index (χ2n) is 4.59. The van der Waals surface area contributed by atoms with Crippen LogP contribution in [0.15, 0.2) is 33.5 Å². The molecule has 0 aliphatic rings.